The quantitative estimate of drug-likeness (QED) is 0.544. The molecule has 0 unspecified atom stereocenters. The van der Waals surface area contributed by atoms with Gasteiger partial charge in [0.25, 0.3) is 0 Å². The molecule has 0 aliphatic carbocycles. The number of benzene rings is 1. The van der Waals surface area contributed by atoms with E-state index in [4.69, 9.17) is 14.6 Å². The van der Waals surface area contributed by atoms with Gasteiger partial charge in [0.05, 0.1) is 6.61 Å². The van der Waals surface area contributed by atoms with E-state index in [0.29, 0.717) is 36.8 Å². The second kappa shape index (κ2) is 9.88. The number of ether oxygens (including phenoxy) is 2. The summed E-state index contributed by atoms with van der Waals surface area (Å²) in [6.07, 6.45) is 1.74. The van der Waals surface area contributed by atoms with Gasteiger partial charge in [0.15, 0.2) is 17.2 Å². The van der Waals surface area contributed by atoms with Crippen molar-refractivity contribution in [1.29, 1.82) is 5.26 Å². The highest BCUT2D eigenvalue weighted by atomic mass is 16.5. The van der Waals surface area contributed by atoms with Crippen molar-refractivity contribution in [3.63, 3.8) is 0 Å². The van der Waals surface area contributed by atoms with E-state index in [-0.39, 0.29) is 23.9 Å². The lowest BCUT2D eigenvalue weighted by molar-refractivity contribution is 0.0518. The minimum atomic E-state index is -0.510. The molecule has 1 N–H and O–H groups in total. The molecule has 1 saturated heterocycles. The Kier molecular flexibility index (Phi) is 6.75. The van der Waals surface area contributed by atoms with Crippen LogP contribution in [0.5, 0.6) is 0 Å². The Balaban J connectivity index is 1.93. The van der Waals surface area contributed by atoms with Crippen LogP contribution in [0.25, 0.3) is 5.65 Å². The smallest absolute Gasteiger partial charge is 0.357 e. The first-order valence-corrected chi connectivity index (χ1v) is 11.3. The Morgan fingerprint density at radius 3 is 2.67 bits per heavy atom. The number of esters is 1. The highest BCUT2D eigenvalue weighted by Gasteiger charge is 2.30. The van der Waals surface area contributed by atoms with Crippen LogP contribution in [0.15, 0.2) is 30.3 Å². The summed E-state index contributed by atoms with van der Waals surface area (Å²) in [5.74, 6) is 0.625. The first-order chi connectivity index (χ1) is 16.1. The summed E-state index contributed by atoms with van der Waals surface area (Å²) >= 11 is 0. The SMILES string of the molecule is CCOC(=O)c1nc2c(C#N)c(Nc3ccccc3)nn2c(N(CC)C2CCOCC2)c1C. The van der Waals surface area contributed by atoms with Crippen molar-refractivity contribution < 1.29 is 14.3 Å². The first-order valence-electron chi connectivity index (χ1n) is 11.3. The van der Waals surface area contributed by atoms with E-state index < -0.39 is 5.97 Å². The van der Waals surface area contributed by atoms with Gasteiger partial charge in [-0.25, -0.2) is 9.78 Å². The van der Waals surface area contributed by atoms with Gasteiger partial charge in [0.1, 0.15) is 17.5 Å². The van der Waals surface area contributed by atoms with Crippen molar-refractivity contribution in [2.45, 2.75) is 39.7 Å². The number of para-hydroxylation sites is 1. The molecular weight excluding hydrogens is 420 g/mol. The molecule has 0 spiro atoms. The van der Waals surface area contributed by atoms with Gasteiger partial charge in [-0.05, 0) is 45.7 Å². The number of hydrogen-bond acceptors (Lipinski definition) is 8. The van der Waals surface area contributed by atoms with Gasteiger partial charge in [-0.1, -0.05) is 18.2 Å². The van der Waals surface area contributed by atoms with Gasteiger partial charge in [0, 0.05) is 37.1 Å². The third kappa shape index (κ3) is 4.34. The van der Waals surface area contributed by atoms with Crippen molar-refractivity contribution in [3.05, 3.63) is 47.2 Å². The van der Waals surface area contributed by atoms with E-state index in [1.807, 2.05) is 37.3 Å². The van der Waals surface area contributed by atoms with Gasteiger partial charge in [0.2, 0.25) is 0 Å². The number of nitriles is 1. The summed E-state index contributed by atoms with van der Waals surface area (Å²) in [6.45, 7) is 8.00. The second-order valence-electron chi connectivity index (χ2n) is 7.82. The van der Waals surface area contributed by atoms with E-state index in [2.05, 4.69) is 28.2 Å². The molecule has 172 valence electrons. The van der Waals surface area contributed by atoms with E-state index >= 15 is 0 Å². The molecule has 1 aliphatic heterocycles. The average molecular weight is 449 g/mol. The number of hydrogen-bond donors (Lipinski definition) is 1. The Labute approximate surface area is 192 Å². The van der Waals surface area contributed by atoms with E-state index in [1.54, 1.807) is 11.4 Å². The van der Waals surface area contributed by atoms with Crippen LogP contribution in [-0.4, -0.2) is 53.0 Å². The zero-order chi connectivity index (χ0) is 23.4. The maximum absolute atomic E-state index is 12.8. The molecule has 9 heteroatoms. The summed E-state index contributed by atoms with van der Waals surface area (Å²) in [4.78, 5) is 19.6. The van der Waals surface area contributed by atoms with Crippen molar-refractivity contribution >= 4 is 28.9 Å². The van der Waals surface area contributed by atoms with Crippen LogP contribution in [-0.2, 0) is 9.47 Å². The number of nitrogens with zero attached hydrogens (tertiary/aromatic N) is 5. The van der Waals surface area contributed by atoms with Crippen LogP contribution < -0.4 is 10.2 Å². The molecule has 33 heavy (non-hydrogen) atoms. The van der Waals surface area contributed by atoms with Gasteiger partial charge in [-0.3, -0.25) is 0 Å². The lowest BCUT2D eigenvalue weighted by Gasteiger charge is -2.36. The number of aromatic nitrogens is 3. The molecule has 4 rings (SSSR count). The molecule has 1 aliphatic rings. The van der Waals surface area contributed by atoms with Gasteiger partial charge < -0.3 is 19.7 Å². The maximum atomic E-state index is 12.8. The van der Waals surface area contributed by atoms with Crippen LogP contribution in [0, 0.1) is 18.3 Å². The predicted molar refractivity (Wildman–Crippen MR) is 125 cm³/mol. The summed E-state index contributed by atoms with van der Waals surface area (Å²) < 4.78 is 12.5. The lowest BCUT2D eigenvalue weighted by atomic mass is 10.1. The molecule has 3 aromatic rings. The largest absolute Gasteiger partial charge is 0.461 e. The number of anilines is 3. The summed E-state index contributed by atoms with van der Waals surface area (Å²) in [6, 6.07) is 12.0. The Morgan fingerprint density at radius 2 is 2.03 bits per heavy atom. The Hall–Kier alpha value is -3.64. The highest BCUT2D eigenvalue weighted by molar-refractivity contribution is 5.92. The summed E-state index contributed by atoms with van der Waals surface area (Å²) in [5.41, 5.74) is 2.27. The van der Waals surface area contributed by atoms with E-state index in [0.717, 1.165) is 24.3 Å². The standard InChI is InChI=1S/C24H28N6O3/c1-4-29(18-11-13-32-14-12-18)23-16(3)20(24(31)33-5-2)27-22-19(15-25)21(28-30(22)23)26-17-9-7-6-8-10-17/h6-10,18H,4-5,11-14H2,1-3H3,(H,26,28). The molecule has 9 nitrogen and oxygen atoms in total. The molecule has 0 amide bonds. The van der Waals surface area contributed by atoms with Crippen LogP contribution >= 0.6 is 0 Å². The zero-order valence-electron chi connectivity index (χ0n) is 19.2. The Bertz CT molecular complexity index is 1180. The van der Waals surface area contributed by atoms with Crippen LogP contribution in [0.2, 0.25) is 0 Å². The first kappa shape index (κ1) is 22.6. The number of rotatable bonds is 7. The third-order valence-electron chi connectivity index (χ3n) is 5.83. The van der Waals surface area contributed by atoms with Crippen LogP contribution in [0.1, 0.15) is 48.3 Å². The molecule has 0 bridgehead atoms. The zero-order valence-corrected chi connectivity index (χ0v) is 19.2. The maximum Gasteiger partial charge on any atom is 0.357 e. The molecule has 2 aromatic heterocycles. The highest BCUT2D eigenvalue weighted by Crippen LogP contribution is 2.32. The van der Waals surface area contributed by atoms with Crippen LogP contribution in [0.4, 0.5) is 17.3 Å². The molecule has 0 atom stereocenters. The molecular formula is C24H28N6O3. The van der Waals surface area contributed by atoms with Gasteiger partial charge in [-0.2, -0.15) is 9.78 Å². The second-order valence-corrected chi connectivity index (χ2v) is 7.82. The van der Waals surface area contributed by atoms with Gasteiger partial charge >= 0.3 is 5.97 Å². The minimum Gasteiger partial charge on any atom is -0.461 e. The predicted octanol–water partition coefficient (Wildman–Crippen LogP) is 3.84. The van der Waals surface area contributed by atoms with Crippen LogP contribution in [0.3, 0.4) is 0 Å². The molecule has 0 saturated carbocycles. The molecule has 0 radical (unpaired) electrons. The lowest BCUT2D eigenvalue weighted by Crippen LogP contribution is -2.41. The summed E-state index contributed by atoms with van der Waals surface area (Å²) in [5, 5.41) is 18.0. The van der Waals surface area contributed by atoms with Crippen molar-refractivity contribution in [2.24, 2.45) is 0 Å². The van der Waals surface area contributed by atoms with E-state index in [1.165, 1.54) is 0 Å². The van der Waals surface area contributed by atoms with Crippen molar-refractivity contribution in [1.82, 2.24) is 14.6 Å². The number of fused-ring (bicyclic) bond motifs is 1. The fourth-order valence-electron chi connectivity index (χ4n) is 4.28. The minimum absolute atomic E-state index is 0.201. The van der Waals surface area contributed by atoms with Crippen molar-refractivity contribution in [2.75, 3.05) is 36.6 Å². The normalized spacial score (nSPS) is 14.1. The fraction of sp³-hybridized carbons (Fsp3) is 0.417. The monoisotopic (exact) mass is 448 g/mol. The van der Waals surface area contributed by atoms with Gasteiger partial charge in [-0.15, -0.1) is 5.10 Å². The topological polar surface area (TPSA) is 105 Å². The third-order valence-corrected chi connectivity index (χ3v) is 5.83. The number of carbonyl (C=O) groups is 1. The molecule has 3 heterocycles. The number of carbonyl (C=O) groups excluding carboxylic acids is 1. The summed E-state index contributed by atoms with van der Waals surface area (Å²) in [7, 11) is 0. The Morgan fingerprint density at radius 1 is 1.30 bits per heavy atom. The molecule has 1 aromatic carbocycles. The fourth-order valence-corrected chi connectivity index (χ4v) is 4.28. The average Bonchev–Trinajstić information content (AvgIpc) is 3.18. The molecule has 1 fully saturated rings. The number of nitrogens with one attached hydrogen (secondary N) is 1. The van der Waals surface area contributed by atoms with E-state index in [9.17, 15) is 10.1 Å². The van der Waals surface area contributed by atoms with Crippen molar-refractivity contribution in [3.8, 4) is 6.07 Å².